The number of allylic oxidation sites excluding steroid dienone is 2. The van der Waals surface area contributed by atoms with Crippen molar-refractivity contribution in [1.29, 1.82) is 0 Å². The normalized spacial score (nSPS) is 29.9. The molecule has 0 unspecified atom stereocenters. The van der Waals surface area contributed by atoms with Gasteiger partial charge in [-0.1, -0.05) is 23.8 Å². The maximum absolute atomic E-state index is 15.1. The van der Waals surface area contributed by atoms with Crippen LogP contribution in [-0.4, -0.2) is 69.8 Å². The molecule has 17 heteroatoms. The number of carbonyl (C=O) groups excluding carboxylic acids is 5. The lowest BCUT2D eigenvalue weighted by molar-refractivity contribution is -0.138. The molecule has 5 amide bonds. The average molecular weight is 703 g/mol. The van der Waals surface area contributed by atoms with E-state index in [0.29, 0.717) is 4.90 Å². The van der Waals surface area contributed by atoms with Crippen molar-refractivity contribution < 1.29 is 60.5 Å². The summed E-state index contributed by atoms with van der Waals surface area (Å²) in [7, 11) is 0.950. The number of fused-ring (bicyclic) bond motifs is 4. The van der Waals surface area contributed by atoms with E-state index in [1.807, 2.05) is 0 Å². The topological polar surface area (TPSA) is 131 Å². The van der Waals surface area contributed by atoms with Gasteiger partial charge < -0.3 is 14.6 Å². The third kappa shape index (κ3) is 4.28. The SMILES string of the molecule is COC(=O)N1C(=O)[C@H]2[C@H](CC=C3[C@H]2C[C@@]2(Cl)C(=O)N(c4c(F)c(F)c(F)c(F)c4F)C(=O)[C@@]2(Cl)[C@H]3c2ccc(OCCO)cc2)C1=O. The fourth-order valence-electron chi connectivity index (χ4n) is 7.13. The second-order valence-corrected chi connectivity index (χ2v) is 12.6. The van der Waals surface area contributed by atoms with Crippen molar-refractivity contribution in [3.63, 3.8) is 0 Å². The van der Waals surface area contributed by atoms with Crippen molar-refractivity contribution in [3.8, 4) is 5.75 Å². The number of halogens is 7. The maximum atomic E-state index is 15.1. The highest BCUT2D eigenvalue weighted by Gasteiger charge is 2.77. The van der Waals surface area contributed by atoms with E-state index in [4.69, 9.17) is 33.0 Å². The van der Waals surface area contributed by atoms with Gasteiger partial charge in [0.25, 0.3) is 11.8 Å². The van der Waals surface area contributed by atoms with Crippen LogP contribution >= 0.6 is 23.2 Å². The largest absolute Gasteiger partial charge is 0.491 e. The van der Waals surface area contributed by atoms with Gasteiger partial charge in [-0.05, 0) is 36.5 Å². The Morgan fingerprint density at radius 3 is 2.09 bits per heavy atom. The van der Waals surface area contributed by atoms with Crippen LogP contribution in [0.3, 0.4) is 0 Å². The Bertz CT molecular complexity index is 1780. The molecule has 0 radical (unpaired) electrons. The fraction of sp³-hybridized carbons (Fsp3) is 0.367. The number of hydrogen-bond donors (Lipinski definition) is 1. The zero-order chi connectivity index (χ0) is 34.3. The number of rotatable bonds is 5. The second kappa shape index (κ2) is 11.3. The number of aliphatic hydroxyl groups is 1. The predicted molar refractivity (Wildman–Crippen MR) is 150 cm³/mol. The molecule has 10 nitrogen and oxygen atoms in total. The minimum absolute atomic E-state index is 0.0833. The zero-order valence-electron chi connectivity index (χ0n) is 23.9. The average Bonchev–Trinajstić information content (AvgIpc) is 3.40. The van der Waals surface area contributed by atoms with E-state index in [2.05, 4.69) is 4.74 Å². The highest BCUT2D eigenvalue weighted by atomic mass is 35.5. The highest BCUT2D eigenvalue weighted by molar-refractivity contribution is 6.58. The maximum Gasteiger partial charge on any atom is 0.423 e. The molecule has 2 saturated heterocycles. The Hall–Kier alpha value is -4.08. The van der Waals surface area contributed by atoms with Crippen LogP contribution in [0.4, 0.5) is 32.4 Å². The number of aliphatic hydroxyl groups excluding tert-OH is 1. The Morgan fingerprint density at radius 1 is 0.915 bits per heavy atom. The summed E-state index contributed by atoms with van der Waals surface area (Å²) >= 11 is 14.0. The standard InChI is InChI=1S/C30H21Cl2F5N2O8/c1-46-28(45)39-24(41)14-7-6-13-15(16(14)25(39)42)10-29(31)26(43)38(23-21(36)19(34)18(33)20(35)22(23)37)27(44)30(29,32)17(13)11-2-4-12(5-3-11)47-9-8-40/h2-6,14-17,40H,7-10H2,1H3/t14-,15+,16-,17-,29+,30-/m0/s1. The molecule has 2 aromatic rings. The van der Waals surface area contributed by atoms with Crippen molar-refractivity contribution in [2.75, 3.05) is 25.2 Å². The van der Waals surface area contributed by atoms with E-state index in [9.17, 15) is 37.1 Å². The molecule has 0 aromatic heterocycles. The predicted octanol–water partition coefficient (Wildman–Crippen LogP) is 4.08. The van der Waals surface area contributed by atoms with Crippen LogP contribution in [-0.2, 0) is 23.9 Å². The van der Waals surface area contributed by atoms with E-state index in [1.165, 1.54) is 30.3 Å². The van der Waals surface area contributed by atoms with Crippen molar-refractivity contribution >= 4 is 58.6 Å². The summed E-state index contributed by atoms with van der Waals surface area (Å²) in [4.78, 5) is 62.1. The molecular formula is C30H21Cl2F5N2O8. The summed E-state index contributed by atoms with van der Waals surface area (Å²) in [6.45, 7) is -0.402. The van der Waals surface area contributed by atoms with Crippen LogP contribution in [0.2, 0.25) is 0 Å². The number of amides is 5. The van der Waals surface area contributed by atoms with Gasteiger partial charge >= 0.3 is 6.09 Å². The van der Waals surface area contributed by atoms with Gasteiger partial charge in [-0.3, -0.25) is 19.2 Å². The van der Waals surface area contributed by atoms with Crippen LogP contribution in [0, 0.1) is 46.8 Å². The third-order valence-corrected chi connectivity index (χ3v) is 10.6. The first-order valence-corrected chi connectivity index (χ1v) is 14.7. The number of likely N-dealkylation sites (tertiary alicyclic amines) is 1. The molecule has 2 aliphatic heterocycles. The van der Waals surface area contributed by atoms with Crippen molar-refractivity contribution in [2.45, 2.75) is 28.5 Å². The highest BCUT2D eigenvalue weighted by Crippen LogP contribution is 2.66. The van der Waals surface area contributed by atoms with Crippen LogP contribution in [0.15, 0.2) is 35.9 Å². The van der Waals surface area contributed by atoms with Crippen LogP contribution in [0.1, 0.15) is 24.3 Å². The number of methoxy groups -OCH3 is 1. The quantitative estimate of drug-likeness (QED) is 0.123. The number of hydrogen-bond acceptors (Lipinski definition) is 8. The van der Waals surface area contributed by atoms with Crippen LogP contribution in [0.25, 0.3) is 0 Å². The summed E-state index contributed by atoms with van der Waals surface area (Å²) in [6.07, 6.45) is -0.644. The van der Waals surface area contributed by atoms with E-state index >= 15 is 8.78 Å². The van der Waals surface area contributed by atoms with Gasteiger partial charge in [-0.2, -0.15) is 4.90 Å². The lowest BCUT2D eigenvalue weighted by Crippen LogP contribution is -2.60. The first kappa shape index (κ1) is 32.8. The minimum Gasteiger partial charge on any atom is -0.491 e. The van der Waals surface area contributed by atoms with E-state index in [0.717, 1.165) is 7.11 Å². The van der Waals surface area contributed by atoms with Gasteiger partial charge in [-0.25, -0.2) is 31.6 Å². The van der Waals surface area contributed by atoms with Crippen LogP contribution < -0.4 is 9.64 Å². The van der Waals surface area contributed by atoms with Gasteiger partial charge in [0, 0.05) is 5.92 Å². The van der Waals surface area contributed by atoms with Crippen molar-refractivity contribution in [2.24, 2.45) is 17.8 Å². The molecule has 6 atom stereocenters. The molecular weight excluding hydrogens is 682 g/mol. The Kier molecular flexibility index (Phi) is 7.88. The first-order chi connectivity index (χ1) is 22.2. The number of ether oxygens (including phenoxy) is 2. The molecule has 2 aliphatic carbocycles. The number of carbonyl (C=O) groups is 5. The summed E-state index contributed by atoms with van der Waals surface area (Å²) in [6, 6.07) is 5.61. The number of benzene rings is 2. The first-order valence-electron chi connectivity index (χ1n) is 13.9. The van der Waals surface area contributed by atoms with Gasteiger partial charge in [0.05, 0.1) is 25.6 Å². The fourth-order valence-corrected chi connectivity index (χ4v) is 8.07. The monoisotopic (exact) mass is 702 g/mol. The van der Waals surface area contributed by atoms with E-state index in [1.54, 1.807) is 0 Å². The number of alkyl halides is 2. The molecule has 4 aliphatic rings. The van der Waals surface area contributed by atoms with Gasteiger partial charge in [0.15, 0.2) is 33.0 Å². The molecule has 1 saturated carbocycles. The summed E-state index contributed by atoms with van der Waals surface area (Å²) in [5.74, 6) is -22.4. The summed E-state index contributed by atoms with van der Waals surface area (Å²) in [5, 5.41) is 9.08. The molecule has 2 aromatic carbocycles. The summed E-state index contributed by atoms with van der Waals surface area (Å²) in [5.41, 5.74) is -1.54. The van der Waals surface area contributed by atoms with Gasteiger partial charge in [0.2, 0.25) is 17.6 Å². The second-order valence-electron chi connectivity index (χ2n) is 11.3. The van der Waals surface area contributed by atoms with Crippen molar-refractivity contribution in [1.82, 2.24) is 4.90 Å². The smallest absolute Gasteiger partial charge is 0.423 e. The Balaban J connectivity index is 1.56. The molecule has 3 fully saturated rings. The summed E-state index contributed by atoms with van der Waals surface area (Å²) < 4.78 is 82.7. The molecule has 47 heavy (non-hydrogen) atoms. The molecule has 0 spiro atoms. The number of anilines is 1. The molecule has 6 rings (SSSR count). The minimum atomic E-state index is -2.70. The Labute approximate surface area is 271 Å². The van der Waals surface area contributed by atoms with Gasteiger partial charge in [0.1, 0.15) is 18.0 Å². The lowest BCUT2D eigenvalue weighted by atomic mass is 9.56. The van der Waals surface area contributed by atoms with Gasteiger partial charge in [-0.15, -0.1) is 23.2 Å². The molecule has 248 valence electrons. The van der Waals surface area contributed by atoms with Crippen LogP contribution in [0.5, 0.6) is 5.75 Å². The number of nitrogens with zero attached hydrogens (tertiary/aromatic N) is 2. The lowest BCUT2D eigenvalue weighted by Gasteiger charge is -2.50. The Morgan fingerprint density at radius 2 is 1.51 bits per heavy atom. The molecule has 0 bridgehead atoms. The van der Waals surface area contributed by atoms with Crippen molar-refractivity contribution in [3.05, 3.63) is 70.6 Å². The third-order valence-electron chi connectivity index (χ3n) is 9.15. The van der Waals surface area contributed by atoms with E-state index in [-0.39, 0.29) is 41.4 Å². The molecule has 2 heterocycles. The zero-order valence-corrected chi connectivity index (χ0v) is 25.4. The van der Waals surface area contributed by atoms with E-state index < -0.39 is 104 Å². The molecule has 1 N–H and O–H groups in total. The number of imide groups is 4.